The minimum absolute atomic E-state index is 0.178. The molecule has 82 valence electrons. The molecule has 0 N–H and O–H groups in total. The van der Waals surface area contributed by atoms with E-state index < -0.39 is 0 Å². The standard InChI is InChI=1S/C11H15ClN2O/c1-2-6-14-10(9(12)7-13-14)11(15)8-4-3-5-8/h7-8H,2-6H2,1H3. The predicted octanol–water partition coefficient (Wildman–Crippen LogP) is 2.93. The van der Waals surface area contributed by atoms with Gasteiger partial charge in [0.05, 0.1) is 11.2 Å². The van der Waals surface area contributed by atoms with Gasteiger partial charge < -0.3 is 0 Å². The summed E-state index contributed by atoms with van der Waals surface area (Å²) in [6.45, 7) is 2.83. The molecule has 1 aliphatic carbocycles. The number of hydrogen-bond acceptors (Lipinski definition) is 2. The zero-order valence-corrected chi connectivity index (χ0v) is 9.63. The van der Waals surface area contributed by atoms with E-state index in [0.717, 1.165) is 32.2 Å². The second kappa shape index (κ2) is 4.35. The Morgan fingerprint density at radius 1 is 1.67 bits per heavy atom. The Hall–Kier alpha value is -0.830. The summed E-state index contributed by atoms with van der Waals surface area (Å²) in [7, 11) is 0. The molecule has 2 rings (SSSR count). The first-order chi connectivity index (χ1) is 7.24. The van der Waals surface area contributed by atoms with Gasteiger partial charge in [-0.2, -0.15) is 5.10 Å². The third-order valence-electron chi connectivity index (χ3n) is 2.94. The van der Waals surface area contributed by atoms with Gasteiger partial charge in [-0.3, -0.25) is 9.48 Å². The highest BCUT2D eigenvalue weighted by Crippen LogP contribution is 2.31. The summed E-state index contributed by atoms with van der Waals surface area (Å²) in [5.41, 5.74) is 0.614. The van der Waals surface area contributed by atoms with E-state index in [1.807, 2.05) is 0 Å². The van der Waals surface area contributed by atoms with Crippen molar-refractivity contribution in [3.05, 3.63) is 16.9 Å². The summed E-state index contributed by atoms with van der Waals surface area (Å²) in [6, 6.07) is 0. The average Bonchev–Trinajstić information content (AvgIpc) is 2.45. The highest BCUT2D eigenvalue weighted by atomic mass is 35.5. The van der Waals surface area contributed by atoms with E-state index in [4.69, 9.17) is 11.6 Å². The number of aromatic nitrogens is 2. The molecule has 1 aromatic rings. The number of halogens is 1. The molecule has 0 spiro atoms. The van der Waals surface area contributed by atoms with Gasteiger partial charge in [-0.15, -0.1) is 0 Å². The maximum Gasteiger partial charge on any atom is 0.185 e. The van der Waals surface area contributed by atoms with Gasteiger partial charge in [0.15, 0.2) is 5.78 Å². The number of Topliss-reactive ketones (excluding diaryl/α,β-unsaturated/α-hetero) is 1. The fourth-order valence-corrected chi connectivity index (χ4v) is 2.09. The first-order valence-corrected chi connectivity index (χ1v) is 5.87. The van der Waals surface area contributed by atoms with Crippen LogP contribution in [0.2, 0.25) is 5.02 Å². The molecule has 0 aliphatic heterocycles. The minimum atomic E-state index is 0.178. The van der Waals surface area contributed by atoms with Crippen molar-refractivity contribution in [1.29, 1.82) is 0 Å². The van der Waals surface area contributed by atoms with Gasteiger partial charge in [0.1, 0.15) is 5.69 Å². The SMILES string of the molecule is CCCn1ncc(Cl)c1C(=O)C1CCC1. The molecule has 0 radical (unpaired) electrons. The van der Waals surface area contributed by atoms with Crippen LogP contribution < -0.4 is 0 Å². The predicted molar refractivity (Wildman–Crippen MR) is 59.2 cm³/mol. The number of aryl methyl sites for hydroxylation is 1. The molecule has 1 fully saturated rings. The van der Waals surface area contributed by atoms with Gasteiger partial charge in [0, 0.05) is 12.5 Å². The Labute approximate surface area is 94.4 Å². The van der Waals surface area contributed by atoms with Gasteiger partial charge in [0.2, 0.25) is 0 Å². The number of nitrogens with zero attached hydrogens (tertiary/aromatic N) is 2. The monoisotopic (exact) mass is 226 g/mol. The number of hydrogen-bond donors (Lipinski definition) is 0. The molecule has 15 heavy (non-hydrogen) atoms. The van der Waals surface area contributed by atoms with E-state index >= 15 is 0 Å². The molecule has 1 aromatic heterocycles. The molecule has 1 saturated carbocycles. The molecule has 0 bridgehead atoms. The van der Waals surface area contributed by atoms with Crippen LogP contribution in [-0.4, -0.2) is 15.6 Å². The van der Waals surface area contributed by atoms with Gasteiger partial charge in [-0.25, -0.2) is 0 Å². The fraction of sp³-hybridized carbons (Fsp3) is 0.636. The highest BCUT2D eigenvalue weighted by molar-refractivity contribution is 6.33. The Morgan fingerprint density at radius 2 is 2.40 bits per heavy atom. The third kappa shape index (κ3) is 1.93. The van der Waals surface area contributed by atoms with Crippen LogP contribution in [0.1, 0.15) is 43.1 Å². The number of rotatable bonds is 4. The van der Waals surface area contributed by atoms with E-state index in [1.54, 1.807) is 10.9 Å². The summed E-state index contributed by atoms with van der Waals surface area (Å²) >= 11 is 6.00. The highest BCUT2D eigenvalue weighted by Gasteiger charge is 2.30. The molecule has 0 atom stereocenters. The van der Waals surface area contributed by atoms with Crippen LogP contribution in [-0.2, 0) is 6.54 Å². The van der Waals surface area contributed by atoms with Crippen LogP contribution in [0, 0.1) is 5.92 Å². The normalized spacial score (nSPS) is 16.4. The molecule has 0 amide bonds. The van der Waals surface area contributed by atoms with Crippen molar-refractivity contribution < 1.29 is 4.79 Å². The van der Waals surface area contributed by atoms with E-state index in [9.17, 15) is 4.79 Å². The van der Waals surface area contributed by atoms with Crippen molar-refractivity contribution in [2.45, 2.75) is 39.2 Å². The molecule has 1 heterocycles. The largest absolute Gasteiger partial charge is 0.292 e. The summed E-state index contributed by atoms with van der Waals surface area (Å²) in [4.78, 5) is 12.1. The lowest BCUT2D eigenvalue weighted by atomic mass is 9.81. The molecular weight excluding hydrogens is 212 g/mol. The molecule has 1 aliphatic rings. The van der Waals surface area contributed by atoms with Crippen LogP contribution in [0.4, 0.5) is 0 Å². The van der Waals surface area contributed by atoms with Crippen molar-refractivity contribution in [2.24, 2.45) is 5.92 Å². The van der Waals surface area contributed by atoms with E-state index in [0.29, 0.717) is 10.7 Å². The summed E-state index contributed by atoms with van der Waals surface area (Å²) in [5.74, 6) is 0.368. The van der Waals surface area contributed by atoms with Crippen LogP contribution >= 0.6 is 11.6 Å². The Balaban J connectivity index is 2.24. The first-order valence-electron chi connectivity index (χ1n) is 5.49. The van der Waals surface area contributed by atoms with Gasteiger partial charge in [0.25, 0.3) is 0 Å². The molecule has 0 saturated heterocycles. The van der Waals surface area contributed by atoms with Crippen LogP contribution in [0.3, 0.4) is 0 Å². The lowest BCUT2D eigenvalue weighted by Gasteiger charge is -2.24. The van der Waals surface area contributed by atoms with Crippen LogP contribution in [0.15, 0.2) is 6.20 Å². The summed E-state index contributed by atoms with van der Waals surface area (Å²) < 4.78 is 1.74. The summed E-state index contributed by atoms with van der Waals surface area (Å²) in [6.07, 6.45) is 5.71. The van der Waals surface area contributed by atoms with E-state index in [2.05, 4.69) is 12.0 Å². The molecule has 0 unspecified atom stereocenters. The lowest BCUT2D eigenvalue weighted by molar-refractivity contribution is 0.0843. The molecule has 3 nitrogen and oxygen atoms in total. The molecule has 4 heteroatoms. The fourth-order valence-electron chi connectivity index (χ4n) is 1.85. The van der Waals surface area contributed by atoms with Crippen LogP contribution in [0.25, 0.3) is 0 Å². The van der Waals surface area contributed by atoms with Gasteiger partial charge in [-0.05, 0) is 19.3 Å². The summed E-state index contributed by atoms with van der Waals surface area (Å²) in [5, 5.41) is 4.63. The Morgan fingerprint density at radius 3 is 2.93 bits per heavy atom. The topological polar surface area (TPSA) is 34.9 Å². The average molecular weight is 227 g/mol. The maximum absolute atomic E-state index is 12.1. The Bertz CT molecular complexity index is 369. The quantitative estimate of drug-likeness (QED) is 0.740. The zero-order valence-electron chi connectivity index (χ0n) is 8.87. The number of ketones is 1. The number of carbonyl (C=O) groups is 1. The maximum atomic E-state index is 12.1. The van der Waals surface area contributed by atoms with Crippen molar-refractivity contribution in [2.75, 3.05) is 0 Å². The van der Waals surface area contributed by atoms with Gasteiger partial charge >= 0.3 is 0 Å². The lowest BCUT2D eigenvalue weighted by Crippen LogP contribution is -2.25. The Kier molecular flexibility index (Phi) is 3.10. The first kappa shape index (κ1) is 10.7. The third-order valence-corrected chi connectivity index (χ3v) is 3.22. The zero-order chi connectivity index (χ0) is 10.8. The van der Waals surface area contributed by atoms with Crippen molar-refractivity contribution in [3.8, 4) is 0 Å². The number of carbonyl (C=O) groups excluding carboxylic acids is 1. The second-order valence-corrected chi connectivity index (χ2v) is 4.46. The van der Waals surface area contributed by atoms with E-state index in [-0.39, 0.29) is 11.7 Å². The van der Waals surface area contributed by atoms with Gasteiger partial charge in [-0.1, -0.05) is 24.9 Å². The van der Waals surface area contributed by atoms with Crippen molar-refractivity contribution in [3.63, 3.8) is 0 Å². The van der Waals surface area contributed by atoms with Crippen molar-refractivity contribution >= 4 is 17.4 Å². The molecular formula is C11H15ClN2O. The van der Waals surface area contributed by atoms with Crippen molar-refractivity contribution in [1.82, 2.24) is 9.78 Å². The minimum Gasteiger partial charge on any atom is -0.292 e. The second-order valence-electron chi connectivity index (χ2n) is 4.06. The smallest absolute Gasteiger partial charge is 0.185 e. The van der Waals surface area contributed by atoms with Crippen LogP contribution in [0.5, 0.6) is 0 Å². The van der Waals surface area contributed by atoms with E-state index in [1.165, 1.54) is 0 Å². The molecule has 0 aromatic carbocycles.